The highest BCUT2D eigenvalue weighted by atomic mass is 32.2. The van der Waals surface area contributed by atoms with Gasteiger partial charge in [0.25, 0.3) is 20.2 Å². The molecule has 0 saturated carbocycles. The molecule has 0 unspecified atom stereocenters. The van der Waals surface area contributed by atoms with Crippen LogP contribution in [-0.2, 0) is 28.6 Å². The molecule has 0 saturated heterocycles. The van der Waals surface area contributed by atoms with E-state index in [-0.39, 0.29) is 0 Å². The molecule has 0 rings (SSSR count). The Labute approximate surface area is 87.7 Å². The number of hydrogen-bond donors (Lipinski definition) is 2. The third-order valence-electron chi connectivity index (χ3n) is 1.14. The lowest BCUT2D eigenvalue weighted by atomic mass is 10.9. The molecule has 0 fully saturated rings. The summed E-state index contributed by atoms with van der Waals surface area (Å²) in [6, 6.07) is 0. The topological polar surface area (TPSA) is 127 Å². The molecule has 0 aliphatic heterocycles. The first kappa shape index (κ1) is 14.7. The van der Waals surface area contributed by atoms with E-state index in [0.29, 0.717) is 0 Å². The predicted octanol–water partition coefficient (Wildman–Crippen LogP) is -2.38. The summed E-state index contributed by atoms with van der Waals surface area (Å²) in [6.45, 7) is -2.26. The summed E-state index contributed by atoms with van der Waals surface area (Å²) >= 11 is 0. The molecular formula is C5H12O8S2. The molecule has 0 aliphatic rings. The van der Waals surface area contributed by atoms with Crippen molar-refractivity contribution in [3.8, 4) is 0 Å². The van der Waals surface area contributed by atoms with Crippen LogP contribution in [0.4, 0.5) is 0 Å². The second-order valence-corrected chi connectivity index (χ2v) is 5.84. The van der Waals surface area contributed by atoms with Crippen molar-refractivity contribution in [3.63, 3.8) is 0 Å². The lowest BCUT2D eigenvalue weighted by Gasteiger charge is -2.04. The third-order valence-corrected chi connectivity index (χ3v) is 3.41. The summed E-state index contributed by atoms with van der Waals surface area (Å²) in [7, 11) is -7.94. The summed E-state index contributed by atoms with van der Waals surface area (Å²) in [5.74, 6) is -1.28. The molecule has 92 valence electrons. The molecule has 10 heteroatoms. The predicted molar refractivity (Wildman–Crippen MR) is 48.8 cm³/mol. The van der Waals surface area contributed by atoms with Crippen molar-refractivity contribution in [1.82, 2.24) is 0 Å². The van der Waals surface area contributed by atoms with E-state index in [4.69, 9.17) is 10.2 Å². The van der Waals surface area contributed by atoms with E-state index >= 15 is 0 Å². The van der Waals surface area contributed by atoms with Crippen LogP contribution < -0.4 is 0 Å². The van der Waals surface area contributed by atoms with Gasteiger partial charge in [0.15, 0.2) is 6.79 Å². The van der Waals surface area contributed by atoms with Gasteiger partial charge in [0.1, 0.15) is 0 Å². The quantitative estimate of drug-likeness (QED) is 0.367. The van der Waals surface area contributed by atoms with E-state index < -0.39 is 51.7 Å². The van der Waals surface area contributed by atoms with Gasteiger partial charge >= 0.3 is 0 Å². The Morgan fingerprint density at radius 2 is 1.13 bits per heavy atom. The second kappa shape index (κ2) is 6.35. The molecule has 8 nitrogen and oxygen atoms in total. The van der Waals surface area contributed by atoms with Gasteiger partial charge in [-0.05, 0) is 0 Å². The molecule has 0 spiro atoms. The van der Waals surface area contributed by atoms with Crippen molar-refractivity contribution >= 4 is 20.2 Å². The van der Waals surface area contributed by atoms with Crippen LogP contribution in [0.3, 0.4) is 0 Å². The minimum atomic E-state index is -3.97. The van der Waals surface area contributed by atoms with Crippen LogP contribution in [0.2, 0.25) is 0 Å². The molecule has 0 amide bonds. The maximum Gasteiger partial charge on any atom is 0.271 e. The Hall–Kier alpha value is -0.260. The van der Waals surface area contributed by atoms with Crippen LogP contribution in [0.25, 0.3) is 0 Å². The number of hydrogen-bond acceptors (Lipinski definition) is 8. The van der Waals surface area contributed by atoms with Gasteiger partial charge in [0.05, 0.1) is 24.7 Å². The molecule has 0 aromatic carbocycles. The van der Waals surface area contributed by atoms with Crippen LogP contribution in [-0.4, -0.2) is 58.6 Å². The highest BCUT2D eigenvalue weighted by Crippen LogP contribution is 1.97. The Balaban J connectivity index is 4.00. The van der Waals surface area contributed by atoms with E-state index in [1.807, 2.05) is 0 Å². The summed E-state index contributed by atoms with van der Waals surface area (Å²) in [5, 5.41) is 16.6. The van der Waals surface area contributed by atoms with E-state index in [0.717, 1.165) is 0 Å². The molecule has 0 aromatic heterocycles. The molecule has 0 heterocycles. The number of aliphatic hydroxyl groups is 2. The zero-order chi connectivity index (χ0) is 11.9. The SMILES string of the molecule is O=S(=O)(CCO)OCOS(=O)(=O)CCO. The molecule has 0 aliphatic carbocycles. The average molecular weight is 264 g/mol. The minimum Gasteiger partial charge on any atom is -0.395 e. The van der Waals surface area contributed by atoms with Gasteiger partial charge in [0, 0.05) is 0 Å². The molecular weight excluding hydrogens is 252 g/mol. The van der Waals surface area contributed by atoms with Crippen molar-refractivity contribution in [2.75, 3.05) is 31.5 Å². The fourth-order valence-electron chi connectivity index (χ4n) is 0.508. The maximum absolute atomic E-state index is 10.8. The number of rotatable bonds is 8. The van der Waals surface area contributed by atoms with E-state index in [1.165, 1.54) is 0 Å². The zero-order valence-electron chi connectivity index (χ0n) is 7.70. The van der Waals surface area contributed by atoms with Crippen LogP contribution in [0.1, 0.15) is 0 Å². The third kappa shape index (κ3) is 7.64. The van der Waals surface area contributed by atoms with Gasteiger partial charge in [-0.2, -0.15) is 16.8 Å². The Morgan fingerprint density at radius 3 is 1.40 bits per heavy atom. The van der Waals surface area contributed by atoms with Crippen LogP contribution in [0.15, 0.2) is 0 Å². The average Bonchev–Trinajstić information content (AvgIpc) is 2.02. The van der Waals surface area contributed by atoms with Gasteiger partial charge in [-0.25, -0.2) is 8.37 Å². The van der Waals surface area contributed by atoms with Crippen LogP contribution >= 0.6 is 0 Å². The molecule has 0 radical (unpaired) electrons. The normalized spacial score (nSPS) is 12.9. The van der Waals surface area contributed by atoms with Gasteiger partial charge in [0.2, 0.25) is 0 Å². The molecule has 15 heavy (non-hydrogen) atoms. The first-order valence-corrected chi connectivity index (χ1v) is 6.94. The zero-order valence-corrected chi connectivity index (χ0v) is 9.33. The van der Waals surface area contributed by atoms with Crippen molar-refractivity contribution in [1.29, 1.82) is 0 Å². The van der Waals surface area contributed by atoms with Gasteiger partial charge in [-0.15, -0.1) is 0 Å². The molecule has 2 N–H and O–H groups in total. The Kier molecular flexibility index (Phi) is 6.24. The second-order valence-electron chi connectivity index (χ2n) is 2.32. The standard InChI is InChI=1S/C5H12O8S2/c6-1-3-14(8,9)12-5-13-15(10,11)4-2-7/h6-7H,1-5H2. The van der Waals surface area contributed by atoms with E-state index in [1.54, 1.807) is 0 Å². The first-order chi connectivity index (χ1) is 6.83. The van der Waals surface area contributed by atoms with Gasteiger partial charge in [-0.3, -0.25) is 0 Å². The molecule has 0 bridgehead atoms. The lowest BCUT2D eigenvalue weighted by Crippen LogP contribution is -2.19. The van der Waals surface area contributed by atoms with Gasteiger partial charge in [-0.1, -0.05) is 0 Å². The fraction of sp³-hybridized carbons (Fsp3) is 1.00. The monoisotopic (exact) mass is 264 g/mol. The Bertz CT molecular complexity index is 318. The summed E-state index contributed by atoms with van der Waals surface area (Å²) in [5.41, 5.74) is 0. The maximum atomic E-state index is 10.8. The van der Waals surface area contributed by atoms with Crippen LogP contribution in [0.5, 0.6) is 0 Å². The van der Waals surface area contributed by atoms with Crippen molar-refractivity contribution in [2.45, 2.75) is 0 Å². The summed E-state index contributed by atoms with van der Waals surface area (Å²) in [6.07, 6.45) is 0. The van der Waals surface area contributed by atoms with E-state index in [2.05, 4.69) is 8.37 Å². The summed E-state index contributed by atoms with van der Waals surface area (Å²) in [4.78, 5) is 0. The van der Waals surface area contributed by atoms with Crippen molar-refractivity contribution in [3.05, 3.63) is 0 Å². The Morgan fingerprint density at radius 1 is 0.800 bits per heavy atom. The first-order valence-electron chi connectivity index (χ1n) is 3.79. The highest BCUT2D eigenvalue weighted by molar-refractivity contribution is 7.87. The number of aliphatic hydroxyl groups excluding tert-OH is 2. The van der Waals surface area contributed by atoms with Crippen molar-refractivity contribution < 1.29 is 35.4 Å². The van der Waals surface area contributed by atoms with Crippen LogP contribution in [0, 0.1) is 0 Å². The highest BCUT2D eigenvalue weighted by Gasteiger charge is 2.14. The molecule has 0 aromatic rings. The van der Waals surface area contributed by atoms with Crippen molar-refractivity contribution in [2.24, 2.45) is 0 Å². The fourth-order valence-corrected chi connectivity index (χ4v) is 1.64. The lowest BCUT2D eigenvalue weighted by molar-refractivity contribution is 0.130. The molecule has 0 atom stereocenters. The largest absolute Gasteiger partial charge is 0.395 e. The smallest absolute Gasteiger partial charge is 0.271 e. The summed E-state index contributed by atoms with van der Waals surface area (Å²) < 4.78 is 51.2. The van der Waals surface area contributed by atoms with E-state index in [9.17, 15) is 16.8 Å². The van der Waals surface area contributed by atoms with Gasteiger partial charge < -0.3 is 10.2 Å². The minimum absolute atomic E-state index is 0.633.